The molecule has 1 heterocycles. The summed E-state index contributed by atoms with van der Waals surface area (Å²) in [4.78, 5) is 24.2. The Balaban J connectivity index is 2.28. The summed E-state index contributed by atoms with van der Waals surface area (Å²) in [7, 11) is 0. The van der Waals surface area contributed by atoms with Gasteiger partial charge in [-0.1, -0.05) is 12.1 Å². The summed E-state index contributed by atoms with van der Waals surface area (Å²) >= 11 is 0. The summed E-state index contributed by atoms with van der Waals surface area (Å²) in [5, 5.41) is 28.0. The van der Waals surface area contributed by atoms with E-state index in [1.54, 1.807) is 12.1 Å². The lowest BCUT2D eigenvalue weighted by molar-refractivity contribution is -0.141. The van der Waals surface area contributed by atoms with Crippen LogP contribution in [0.5, 0.6) is 5.75 Å². The molecule has 0 aliphatic carbocycles. The van der Waals surface area contributed by atoms with Gasteiger partial charge in [0, 0.05) is 13.0 Å². The fraction of sp³-hybridized carbons (Fsp3) is 0.333. The van der Waals surface area contributed by atoms with Crippen LogP contribution in [-0.2, 0) is 4.79 Å². The molecule has 6 nitrogen and oxygen atoms in total. The molecule has 2 rings (SSSR count). The molecule has 6 heteroatoms. The lowest BCUT2D eigenvalue weighted by Crippen LogP contribution is -2.40. The maximum absolute atomic E-state index is 12.1. The third-order valence-corrected chi connectivity index (χ3v) is 2.96. The molecule has 0 saturated carbocycles. The number of benzene rings is 1. The van der Waals surface area contributed by atoms with Gasteiger partial charge in [0.05, 0.1) is 11.7 Å². The largest absolute Gasteiger partial charge is 0.507 e. The van der Waals surface area contributed by atoms with Gasteiger partial charge in [0.15, 0.2) is 0 Å². The van der Waals surface area contributed by atoms with Gasteiger partial charge in [0.2, 0.25) is 0 Å². The number of carboxylic acid groups (broad SMARTS) is 1. The fourth-order valence-electron chi connectivity index (χ4n) is 2.08. The van der Waals surface area contributed by atoms with Crippen molar-refractivity contribution in [2.45, 2.75) is 18.6 Å². The number of rotatable bonds is 2. The summed E-state index contributed by atoms with van der Waals surface area (Å²) in [6, 6.07) is 4.87. The first kappa shape index (κ1) is 12.4. The average molecular weight is 251 g/mol. The molecule has 0 radical (unpaired) electrons. The van der Waals surface area contributed by atoms with Gasteiger partial charge in [-0.05, 0) is 12.1 Å². The predicted molar refractivity (Wildman–Crippen MR) is 61.2 cm³/mol. The van der Waals surface area contributed by atoms with E-state index < -0.39 is 24.0 Å². The summed E-state index contributed by atoms with van der Waals surface area (Å²) in [6.45, 7) is -0.0376. The molecule has 3 N–H and O–H groups in total. The van der Waals surface area contributed by atoms with Crippen molar-refractivity contribution in [2.24, 2.45) is 0 Å². The van der Waals surface area contributed by atoms with Crippen LogP contribution in [0.4, 0.5) is 0 Å². The Hall–Kier alpha value is -2.08. The van der Waals surface area contributed by atoms with Crippen molar-refractivity contribution in [3.05, 3.63) is 29.8 Å². The van der Waals surface area contributed by atoms with Gasteiger partial charge in [-0.2, -0.15) is 0 Å². The summed E-state index contributed by atoms with van der Waals surface area (Å²) < 4.78 is 0. The maximum atomic E-state index is 12.1. The summed E-state index contributed by atoms with van der Waals surface area (Å²) in [5.74, 6) is -1.94. The number of aliphatic carboxylic acids is 1. The lowest BCUT2D eigenvalue weighted by atomic mass is 10.1. The van der Waals surface area contributed by atoms with E-state index in [-0.39, 0.29) is 24.3 Å². The normalized spacial score (nSPS) is 23.1. The van der Waals surface area contributed by atoms with Crippen LogP contribution in [0.3, 0.4) is 0 Å². The van der Waals surface area contributed by atoms with Crippen molar-refractivity contribution in [3.63, 3.8) is 0 Å². The molecule has 2 atom stereocenters. The zero-order valence-electron chi connectivity index (χ0n) is 9.48. The number of aromatic hydroxyl groups is 1. The van der Waals surface area contributed by atoms with Crippen LogP contribution in [0.1, 0.15) is 16.8 Å². The number of carboxylic acids is 1. The molecule has 1 fully saturated rings. The van der Waals surface area contributed by atoms with E-state index in [1.165, 1.54) is 12.1 Å². The Bertz CT molecular complexity index is 487. The van der Waals surface area contributed by atoms with E-state index in [2.05, 4.69) is 0 Å². The quantitative estimate of drug-likeness (QED) is 0.690. The molecular weight excluding hydrogens is 238 g/mol. The molecule has 96 valence electrons. The van der Waals surface area contributed by atoms with E-state index in [0.29, 0.717) is 0 Å². The minimum atomic E-state index is -1.16. The van der Waals surface area contributed by atoms with Crippen molar-refractivity contribution >= 4 is 11.9 Å². The Morgan fingerprint density at radius 2 is 1.94 bits per heavy atom. The summed E-state index contributed by atoms with van der Waals surface area (Å²) in [5.41, 5.74) is 0.0397. The van der Waals surface area contributed by atoms with E-state index in [4.69, 9.17) is 5.11 Å². The van der Waals surface area contributed by atoms with Gasteiger partial charge < -0.3 is 20.2 Å². The van der Waals surface area contributed by atoms with E-state index in [0.717, 1.165) is 4.90 Å². The lowest BCUT2D eigenvalue weighted by Gasteiger charge is -2.21. The zero-order chi connectivity index (χ0) is 13.3. The number of nitrogens with zero attached hydrogens (tertiary/aromatic N) is 1. The van der Waals surface area contributed by atoms with Gasteiger partial charge in [0.1, 0.15) is 11.8 Å². The molecule has 0 unspecified atom stereocenters. The molecule has 1 saturated heterocycles. The number of amides is 1. The van der Waals surface area contributed by atoms with Gasteiger partial charge in [-0.3, -0.25) is 4.79 Å². The first-order chi connectivity index (χ1) is 8.50. The Labute approximate surface area is 103 Å². The van der Waals surface area contributed by atoms with E-state index in [1.807, 2.05) is 0 Å². The van der Waals surface area contributed by atoms with Crippen molar-refractivity contribution in [2.75, 3.05) is 6.54 Å². The number of aliphatic hydroxyl groups excluding tert-OH is 1. The number of β-amino-alcohol motifs (C(OH)–C–C–N with tert-alkyl or cyclic N) is 1. The average Bonchev–Trinajstić information content (AvgIpc) is 2.71. The third-order valence-electron chi connectivity index (χ3n) is 2.96. The van der Waals surface area contributed by atoms with Crippen LogP contribution in [-0.4, -0.2) is 50.8 Å². The first-order valence-electron chi connectivity index (χ1n) is 5.50. The number of phenols is 1. The number of hydrogen-bond donors (Lipinski definition) is 3. The fourth-order valence-corrected chi connectivity index (χ4v) is 2.08. The number of phenolic OH excluding ortho intramolecular Hbond substituents is 1. The standard InChI is InChI=1S/C12H13NO5/c14-7-5-9(12(17)18)13(6-7)11(16)8-3-1-2-4-10(8)15/h1-4,7,9,14-15H,5-6H2,(H,17,18)/t7-,9-/m0/s1. The molecule has 1 aliphatic heterocycles. The number of carbonyl (C=O) groups is 2. The second-order valence-corrected chi connectivity index (χ2v) is 4.22. The second-order valence-electron chi connectivity index (χ2n) is 4.22. The summed E-state index contributed by atoms with van der Waals surface area (Å²) in [6.07, 6.45) is -0.838. The predicted octanol–water partition coefficient (Wildman–Crippen LogP) is 0.0522. The number of likely N-dealkylation sites (tertiary alicyclic amines) is 1. The van der Waals surface area contributed by atoms with Crippen LogP contribution in [0.2, 0.25) is 0 Å². The van der Waals surface area contributed by atoms with Crippen molar-refractivity contribution < 1.29 is 24.9 Å². The molecule has 1 aromatic carbocycles. The van der Waals surface area contributed by atoms with Gasteiger partial charge in [-0.25, -0.2) is 4.79 Å². The van der Waals surface area contributed by atoms with E-state index in [9.17, 15) is 19.8 Å². The maximum Gasteiger partial charge on any atom is 0.326 e. The van der Waals surface area contributed by atoms with Crippen molar-refractivity contribution in [1.82, 2.24) is 4.90 Å². The van der Waals surface area contributed by atoms with Crippen molar-refractivity contribution in [3.8, 4) is 5.75 Å². The van der Waals surface area contributed by atoms with Gasteiger partial charge >= 0.3 is 5.97 Å². The van der Waals surface area contributed by atoms with Crippen LogP contribution in [0.15, 0.2) is 24.3 Å². The van der Waals surface area contributed by atoms with E-state index >= 15 is 0 Å². The Kier molecular flexibility index (Phi) is 3.20. The van der Waals surface area contributed by atoms with Crippen LogP contribution < -0.4 is 0 Å². The molecule has 1 amide bonds. The highest BCUT2D eigenvalue weighted by atomic mass is 16.4. The number of carbonyl (C=O) groups excluding carboxylic acids is 1. The number of aliphatic hydroxyl groups is 1. The Morgan fingerprint density at radius 1 is 1.28 bits per heavy atom. The number of hydrogen-bond acceptors (Lipinski definition) is 4. The first-order valence-corrected chi connectivity index (χ1v) is 5.50. The monoisotopic (exact) mass is 251 g/mol. The Morgan fingerprint density at radius 3 is 2.56 bits per heavy atom. The molecule has 0 spiro atoms. The van der Waals surface area contributed by atoms with Crippen LogP contribution in [0, 0.1) is 0 Å². The SMILES string of the molecule is O=C(O)[C@@H]1C[C@H](O)CN1C(=O)c1ccccc1O. The minimum Gasteiger partial charge on any atom is -0.507 e. The molecule has 0 aromatic heterocycles. The molecular formula is C12H13NO5. The topological polar surface area (TPSA) is 98.1 Å². The smallest absolute Gasteiger partial charge is 0.326 e. The van der Waals surface area contributed by atoms with Gasteiger partial charge in [-0.15, -0.1) is 0 Å². The number of para-hydroxylation sites is 1. The highest BCUT2D eigenvalue weighted by Crippen LogP contribution is 2.24. The second kappa shape index (κ2) is 4.66. The highest BCUT2D eigenvalue weighted by Gasteiger charge is 2.39. The molecule has 1 aromatic rings. The van der Waals surface area contributed by atoms with Gasteiger partial charge in [0.25, 0.3) is 5.91 Å². The minimum absolute atomic E-state index is 0.00860. The zero-order valence-corrected chi connectivity index (χ0v) is 9.48. The van der Waals surface area contributed by atoms with Crippen LogP contribution in [0.25, 0.3) is 0 Å². The van der Waals surface area contributed by atoms with Crippen LogP contribution >= 0.6 is 0 Å². The van der Waals surface area contributed by atoms with Crippen molar-refractivity contribution in [1.29, 1.82) is 0 Å². The highest BCUT2D eigenvalue weighted by molar-refractivity contribution is 5.99. The third kappa shape index (κ3) is 2.14. The molecule has 0 bridgehead atoms. The molecule has 18 heavy (non-hydrogen) atoms. The molecule has 1 aliphatic rings.